The van der Waals surface area contributed by atoms with E-state index in [0.717, 1.165) is 49.0 Å². The van der Waals surface area contributed by atoms with Crippen LogP contribution < -0.4 is 4.90 Å². The van der Waals surface area contributed by atoms with Gasteiger partial charge in [0, 0.05) is 24.5 Å². The maximum absolute atomic E-state index is 13.5. The van der Waals surface area contributed by atoms with E-state index in [9.17, 15) is 13.2 Å². The summed E-state index contributed by atoms with van der Waals surface area (Å²) < 4.78 is 40.6. The van der Waals surface area contributed by atoms with E-state index in [0.29, 0.717) is 11.6 Å². The molecule has 0 amide bonds. The van der Waals surface area contributed by atoms with Crippen LogP contribution in [0, 0.1) is 11.8 Å². The molecule has 0 N–H and O–H groups in total. The van der Waals surface area contributed by atoms with Crippen molar-refractivity contribution < 1.29 is 13.2 Å². The molecule has 158 valence electrons. The predicted molar refractivity (Wildman–Crippen MR) is 112 cm³/mol. The van der Waals surface area contributed by atoms with Crippen LogP contribution in [-0.2, 0) is 6.18 Å². The second kappa shape index (κ2) is 9.75. The van der Waals surface area contributed by atoms with E-state index < -0.39 is 11.7 Å². The second-order valence-electron chi connectivity index (χ2n) is 8.19. The number of halogens is 3. The van der Waals surface area contributed by atoms with Gasteiger partial charge in [-0.25, -0.2) is 0 Å². The van der Waals surface area contributed by atoms with Gasteiger partial charge < -0.3 is 9.80 Å². The lowest BCUT2D eigenvalue weighted by Gasteiger charge is -2.39. The first kappa shape index (κ1) is 21.8. The van der Waals surface area contributed by atoms with Gasteiger partial charge >= 0.3 is 6.18 Å². The number of thioether (sulfide) groups is 1. The van der Waals surface area contributed by atoms with Crippen molar-refractivity contribution in [2.75, 3.05) is 43.4 Å². The number of likely N-dealkylation sites (tertiary alicyclic amines) is 1. The number of piperidine rings is 2. The monoisotopic (exact) mass is 414 g/mol. The van der Waals surface area contributed by atoms with Crippen LogP contribution in [0.5, 0.6) is 0 Å². The molecule has 2 saturated heterocycles. The van der Waals surface area contributed by atoms with Gasteiger partial charge in [0.1, 0.15) is 0 Å². The maximum Gasteiger partial charge on any atom is 0.418 e. The van der Waals surface area contributed by atoms with Crippen LogP contribution in [0.25, 0.3) is 0 Å². The summed E-state index contributed by atoms with van der Waals surface area (Å²) >= 11 is 1.60. The molecule has 0 saturated carbocycles. The quantitative estimate of drug-likeness (QED) is 0.515. The average molecular weight is 415 g/mol. The molecular weight excluding hydrogens is 381 g/mol. The van der Waals surface area contributed by atoms with Gasteiger partial charge in [-0.15, -0.1) is 11.8 Å². The summed E-state index contributed by atoms with van der Waals surface area (Å²) in [5.74, 6) is 2.35. The van der Waals surface area contributed by atoms with E-state index in [-0.39, 0.29) is 0 Å². The molecule has 0 radical (unpaired) electrons. The first-order valence-electron chi connectivity index (χ1n) is 10.7. The Morgan fingerprint density at radius 2 is 1.61 bits per heavy atom. The SMILES string of the molecule is CCSc1ccc(C(F)(F)F)c(N2CCC(CN3CCC(CC)CC3)CC2)c1. The Kier molecular flexibility index (Phi) is 7.60. The van der Waals surface area contributed by atoms with Crippen molar-refractivity contribution in [1.82, 2.24) is 4.90 Å². The lowest BCUT2D eigenvalue weighted by molar-refractivity contribution is -0.137. The van der Waals surface area contributed by atoms with Crippen molar-refractivity contribution in [1.29, 1.82) is 0 Å². The summed E-state index contributed by atoms with van der Waals surface area (Å²) in [5.41, 5.74) is -0.124. The molecule has 0 unspecified atom stereocenters. The van der Waals surface area contributed by atoms with Crippen LogP contribution in [-0.4, -0.2) is 43.4 Å². The Labute approximate surface area is 171 Å². The number of alkyl halides is 3. The van der Waals surface area contributed by atoms with E-state index in [1.165, 1.54) is 38.4 Å². The molecule has 2 nitrogen and oxygen atoms in total. The normalized spacial score (nSPS) is 20.7. The summed E-state index contributed by atoms with van der Waals surface area (Å²) in [4.78, 5) is 5.46. The lowest BCUT2D eigenvalue weighted by atomic mass is 9.91. The van der Waals surface area contributed by atoms with Crippen LogP contribution >= 0.6 is 11.8 Å². The van der Waals surface area contributed by atoms with Gasteiger partial charge in [0.15, 0.2) is 0 Å². The van der Waals surface area contributed by atoms with Gasteiger partial charge in [0.05, 0.1) is 11.3 Å². The van der Waals surface area contributed by atoms with Crippen LogP contribution in [0.1, 0.15) is 51.5 Å². The zero-order valence-electron chi connectivity index (χ0n) is 17.1. The number of nitrogens with zero attached hydrogens (tertiary/aromatic N) is 2. The van der Waals surface area contributed by atoms with Crippen molar-refractivity contribution in [3.8, 4) is 0 Å². The summed E-state index contributed by atoms with van der Waals surface area (Å²) in [6.45, 7) is 9.23. The first-order chi connectivity index (χ1) is 13.4. The number of hydrogen-bond acceptors (Lipinski definition) is 3. The predicted octanol–water partition coefficient (Wildman–Crippen LogP) is 6.16. The maximum atomic E-state index is 13.5. The Balaban J connectivity index is 1.60. The van der Waals surface area contributed by atoms with Crippen LogP contribution in [0.15, 0.2) is 23.1 Å². The van der Waals surface area contributed by atoms with Crippen LogP contribution in [0.3, 0.4) is 0 Å². The second-order valence-corrected chi connectivity index (χ2v) is 9.53. The third-order valence-electron chi connectivity index (χ3n) is 6.34. The average Bonchev–Trinajstić information content (AvgIpc) is 2.68. The molecule has 28 heavy (non-hydrogen) atoms. The van der Waals surface area contributed by atoms with Gasteiger partial charge in [-0.1, -0.05) is 20.3 Å². The zero-order chi connectivity index (χ0) is 20.1. The third-order valence-corrected chi connectivity index (χ3v) is 7.22. The molecule has 2 heterocycles. The fourth-order valence-corrected chi connectivity index (χ4v) is 5.26. The lowest BCUT2D eigenvalue weighted by Crippen LogP contribution is -2.42. The molecule has 2 aliphatic heterocycles. The topological polar surface area (TPSA) is 6.48 Å². The van der Waals surface area contributed by atoms with E-state index >= 15 is 0 Å². The van der Waals surface area contributed by atoms with E-state index in [4.69, 9.17) is 0 Å². The fourth-order valence-electron chi connectivity index (χ4n) is 4.57. The van der Waals surface area contributed by atoms with Gasteiger partial charge in [0.25, 0.3) is 0 Å². The van der Waals surface area contributed by atoms with Crippen molar-refractivity contribution in [3.63, 3.8) is 0 Å². The highest BCUT2D eigenvalue weighted by Gasteiger charge is 2.36. The van der Waals surface area contributed by atoms with E-state index in [1.54, 1.807) is 23.9 Å². The molecule has 1 aromatic carbocycles. The van der Waals surface area contributed by atoms with Gasteiger partial charge in [0.2, 0.25) is 0 Å². The van der Waals surface area contributed by atoms with Crippen molar-refractivity contribution in [2.45, 2.75) is 57.0 Å². The molecule has 2 aliphatic rings. The highest BCUT2D eigenvalue weighted by molar-refractivity contribution is 7.99. The number of hydrogen-bond donors (Lipinski definition) is 0. The smallest absolute Gasteiger partial charge is 0.371 e. The standard InChI is InChI=1S/C22H33F3N2S/c1-3-17-7-11-26(12-8-17)16-18-9-13-27(14-10-18)21-15-19(28-4-2)5-6-20(21)22(23,24)25/h5-6,15,17-18H,3-4,7-14,16H2,1-2H3. The first-order valence-corrected chi connectivity index (χ1v) is 11.7. The Morgan fingerprint density at radius 1 is 0.964 bits per heavy atom. The van der Waals surface area contributed by atoms with E-state index in [2.05, 4.69) is 11.8 Å². The van der Waals surface area contributed by atoms with Crippen molar-refractivity contribution in [2.24, 2.45) is 11.8 Å². The van der Waals surface area contributed by atoms with Crippen LogP contribution in [0.4, 0.5) is 18.9 Å². The minimum Gasteiger partial charge on any atom is -0.371 e. The highest BCUT2D eigenvalue weighted by atomic mass is 32.2. The highest BCUT2D eigenvalue weighted by Crippen LogP contribution is 2.40. The molecule has 0 aliphatic carbocycles. The Hall–Kier alpha value is -0.880. The minimum atomic E-state index is -4.30. The Bertz CT molecular complexity index is 619. The summed E-state index contributed by atoms with van der Waals surface area (Å²) in [6.07, 6.45) is 1.54. The third kappa shape index (κ3) is 5.59. The summed E-state index contributed by atoms with van der Waals surface area (Å²) in [6, 6.07) is 4.61. The van der Waals surface area contributed by atoms with Crippen LogP contribution in [0.2, 0.25) is 0 Å². The fraction of sp³-hybridized carbons (Fsp3) is 0.727. The van der Waals surface area contributed by atoms with Gasteiger partial charge in [-0.05, 0) is 74.6 Å². The summed E-state index contributed by atoms with van der Waals surface area (Å²) in [5, 5.41) is 0. The van der Waals surface area contributed by atoms with Gasteiger partial charge in [-0.2, -0.15) is 13.2 Å². The summed E-state index contributed by atoms with van der Waals surface area (Å²) in [7, 11) is 0. The molecule has 3 rings (SSSR count). The molecule has 0 aromatic heterocycles. The number of benzene rings is 1. The Morgan fingerprint density at radius 3 is 2.18 bits per heavy atom. The number of anilines is 1. The molecule has 0 spiro atoms. The van der Waals surface area contributed by atoms with E-state index in [1.807, 2.05) is 11.8 Å². The van der Waals surface area contributed by atoms with Crippen molar-refractivity contribution in [3.05, 3.63) is 23.8 Å². The number of rotatable bonds is 6. The van der Waals surface area contributed by atoms with Gasteiger partial charge in [-0.3, -0.25) is 0 Å². The van der Waals surface area contributed by atoms with Crippen molar-refractivity contribution >= 4 is 17.4 Å². The molecule has 6 heteroatoms. The minimum absolute atomic E-state index is 0.369. The molecule has 0 atom stereocenters. The molecule has 0 bridgehead atoms. The molecule has 1 aromatic rings. The largest absolute Gasteiger partial charge is 0.418 e. The molecule has 2 fully saturated rings. The zero-order valence-corrected chi connectivity index (χ0v) is 17.9. The molecular formula is C22H33F3N2S.